The van der Waals surface area contributed by atoms with Crippen molar-refractivity contribution < 1.29 is 0 Å². The van der Waals surface area contributed by atoms with Gasteiger partial charge in [0, 0.05) is 10.4 Å². The van der Waals surface area contributed by atoms with Crippen LogP contribution >= 0.6 is 22.9 Å². The molecule has 4 heteroatoms. The first kappa shape index (κ1) is 10.1. The van der Waals surface area contributed by atoms with Gasteiger partial charge in [0.2, 0.25) is 0 Å². The van der Waals surface area contributed by atoms with Crippen LogP contribution in [0.2, 0.25) is 5.02 Å². The maximum absolute atomic E-state index is 5.90. The summed E-state index contributed by atoms with van der Waals surface area (Å²) in [5, 5.41) is 1.67. The van der Waals surface area contributed by atoms with Crippen LogP contribution in [0.5, 0.6) is 0 Å². The number of anilines is 1. The average molecular weight is 251 g/mol. The quantitative estimate of drug-likeness (QED) is 0.787. The lowest BCUT2D eigenvalue weighted by molar-refractivity contribution is 0.900. The summed E-state index contributed by atoms with van der Waals surface area (Å²) in [6, 6.07) is 5.71. The number of aromatic nitrogens is 1. The smallest absolute Gasteiger partial charge is 0.123 e. The predicted octanol–water partition coefficient (Wildman–Crippen LogP) is 3.53. The third-order valence-electron chi connectivity index (χ3n) is 2.84. The van der Waals surface area contributed by atoms with E-state index in [1.165, 1.54) is 23.4 Å². The van der Waals surface area contributed by atoms with Crippen LogP contribution in [-0.2, 0) is 12.8 Å². The maximum Gasteiger partial charge on any atom is 0.123 e. The summed E-state index contributed by atoms with van der Waals surface area (Å²) in [5.74, 6) is 0. The van der Waals surface area contributed by atoms with E-state index in [0.717, 1.165) is 17.0 Å². The van der Waals surface area contributed by atoms with Gasteiger partial charge in [-0.05, 0) is 31.4 Å². The van der Waals surface area contributed by atoms with Gasteiger partial charge in [-0.2, -0.15) is 0 Å². The number of nitrogens with zero attached hydrogens (tertiary/aromatic N) is 1. The molecular weight excluding hydrogens is 240 g/mol. The van der Waals surface area contributed by atoms with E-state index in [2.05, 4.69) is 4.98 Å². The Kier molecular flexibility index (Phi) is 2.37. The minimum atomic E-state index is 0.604. The fourth-order valence-corrected chi connectivity index (χ4v) is 3.25. The lowest BCUT2D eigenvalue weighted by Crippen LogP contribution is -1.87. The van der Waals surface area contributed by atoms with Crippen molar-refractivity contribution in [1.29, 1.82) is 0 Å². The largest absolute Gasteiger partial charge is 0.398 e. The zero-order valence-corrected chi connectivity index (χ0v) is 10.2. The summed E-state index contributed by atoms with van der Waals surface area (Å²) in [7, 11) is 0. The molecule has 0 bridgehead atoms. The molecule has 82 valence electrons. The van der Waals surface area contributed by atoms with Crippen LogP contribution in [-0.4, -0.2) is 4.98 Å². The summed E-state index contributed by atoms with van der Waals surface area (Å²) >= 11 is 7.68. The highest BCUT2D eigenvalue weighted by Gasteiger charge is 2.17. The van der Waals surface area contributed by atoms with Crippen molar-refractivity contribution in [3.8, 4) is 10.6 Å². The first-order chi connectivity index (χ1) is 7.74. The van der Waals surface area contributed by atoms with Crippen LogP contribution in [0.25, 0.3) is 10.6 Å². The normalized spacial score (nSPS) is 14.1. The van der Waals surface area contributed by atoms with Crippen molar-refractivity contribution in [3.63, 3.8) is 0 Å². The number of halogens is 1. The first-order valence-electron chi connectivity index (χ1n) is 5.28. The number of benzene rings is 1. The molecule has 0 amide bonds. The SMILES string of the molecule is Nc1cc(-c2nc3c(s2)CCC3)ccc1Cl. The minimum Gasteiger partial charge on any atom is -0.398 e. The van der Waals surface area contributed by atoms with Crippen molar-refractivity contribution in [2.45, 2.75) is 19.3 Å². The topological polar surface area (TPSA) is 38.9 Å². The summed E-state index contributed by atoms with van der Waals surface area (Å²) in [4.78, 5) is 6.09. The van der Waals surface area contributed by atoms with Crippen LogP contribution in [0, 0.1) is 0 Å². The third kappa shape index (κ3) is 1.60. The Bertz CT molecular complexity index is 526. The molecule has 1 heterocycles. The Balaban J connectivity index is 2.05. The van der Waals surface area contributed by atoms with Gasteiger partial charge in [-0.25, -0.2) is 4.98 Å². The predicted molar refractivity (Wildman–Crippen MR) is 69.0 cm³/mol. The Morgan fingerprint density at radius 2 is 2.19 bits per heavy atom. The zero-order valence-electron chi connectivity index (χ0n) is 8.66. The molecule has 0 atom stereocenters. The van der Waals surface area contributed by atoms with Gasteiger partial charge in [0.1, 0.15) is 5.01 Å². The monoisotopic (exact) mass is 250 g/mol. The van der Waals surface area contributed by atoms with E-state index < -0.39 is 0 Å². The standard InChI is InChI=1S/C12H11ClN2S/c13-8-5-4-7(6-9(8)14)12-15-10-2-1-3-11(10)16-12/h4-6H,1-3,14H2. The van der Waals surface area contributed by atoms with Gasteiger partial charge in [0.25, 0.3) is 0 Å². The molecule has 1 aromatic carbocycles. The molecule has 1 aliphatic carbocycles. The molecule has 0 radical (unpaired) electrons. The van der Waals surface area contributed by atoms with Crippen LogP contribution in [0.4, 0.5) is 5.69 Å². The van der Waals surface area contributed by atoms with Gasteiger partial charge >= 0.3 is 0 Å². The van der Waals surface area contributed by atoms with E-state index in [-0.39, 0.29) is 0 Å². The summed E-state index contributed by atoms with van der Waals surface area (Å²) < 4.78 is 0. The Hall–Kier alpha value is -1.06. The van der Waals surface area contributed by atoms with E-state index in [4.69, 9.17) is 17.3 Å². The van der Waals surface area contributed by atoms with Crippen molar-refractivity contribution in [3.05, 3.63) is 33.8 Å². The Morgan fingerprint density at radius 1 is 1.31 bits per heavy atom. The van der Waals surface area contributed by atoms with Crippen molar-refractivity contribution in [2.75, 3.05) is 5.73 Å². The van der Waals surface area contributed by atoms with Gasteiger partial charge in [-0.3, -0.25) is 0 Å². The van der Waals surface area contributed by atoms with Crippen molar-refractivity contribution in [2.24, 2.45) is 0 Å². The van der Waals surface area contributed by atoms with Gasteiger partial charge < -0.3 is 5.73 Å². The Morgan fingerprint density at radius 3 is 2.94 bits per heavy atom. The molecule has 1 aromatic heterocycles. The number of nitrogens with two attached hydrogens (primary N) is 1. The molecule has 3 rings (SSSR count). The molecular formula is C12H11ClN2S. The fourth-order valence-electron chi connectivity index (χ4n) is 1.99. The lowest BCUT2D eigenvalue weighted by Gasteiger charge is -2.00. The third-order valence-corrected chi connectivity index (χ3v) is 4.39. The van der Waals surface area contributed by atoms with E-state index >= 15 is 0 Å². The summed E-state index contributed by atoms with van der Waals surface area (Å²) in [5.41, 5.74) is 8.76. The van der Waals surface area contributed by atoms with Gasteiger partial charge in [-0.1, -0.05) is 17.7 Å². The highest BCUT2D eigenvalue weighted by Crippen LogP contribution is 2.35. The molecule has 0 aliphatic heterocycles. The van der Waals surface area contributed by atoms with Crippen LogP contribution in [0.15, 0.2) is 18.2 Å². The first-order valence-corrected chi connectivity index (χ1v) is 6.47. The maximum atomic E-state index is 5.90. The van der Waals surface area contributed by atoms with Crippen LogP contribution < -0.4 is 5.73 Å². The highest BCUT2D eigenvalue weighted by molar-refractivity contribution is 7.15. The molecule has 0 spiro atoms. The number of aryl methyl sites for hydroxylation is 2. The Labute approximate surface area is 103 Å². The molecule has 2 nitrogen and oxygen atoms in total. The van der Waals surface area contributed by atoms with Crippen molar-refractivity contribution >= 4 is 28.6 Å². The number of fused-ring (bicyclic) bond motifs is 1. The average Bonchev–Trinajstić information content (AvgIpc) is 2.81. The molecule has 0 unspecified atom stereocenters. The number of hydrogen-bond acceptors (Lipinski definition) is 3. The summed E-state index contributed by atoms with van der Waals surface area (Å²) in [6.45, 7) is 0. The second-order valence-corrected chi connectivity index (χ2v) is 5.47. The van der Waals surface area contributed by atoms with E-state index in [1.54, 1.807) is 11.3 Å². The number of rotatable bonds is 1. The summed E-state index contributed by atoms with van der Waals surface area (Å²) in [6.07, 6.45) is 3.54. The zero-order chi connectivity index (χ0) is 11.1. The van der Waals surface area contributed by atoms with Gasteiger partial charge in [0.05, 0.1) is 16.4 Å². The van der Waals surface area contributed by atoms with Crippen LogP contribution in [0.3, 0.4) is 0 Å². The molecule has 0 saturated carbocycles. The van der Waals surface area contributed by atoms with Gasteiger partial charge in [-0.15, -0.1) is 11.3 Å². The lowest BCUT2D eigenvalue weighted by atomic mass is 10.2. The van der Waals surface area contributed by atoms with Gasteiger partial charge in [0.15, 0.2) is 0 Å². The molecule has 2 N–H and O–H groups in total. The minimum absolute atomic E-state index is 0.604. The molecule has 2 aromatic rings. The van der Waals surface area contributed by atoms with E-state index in [0.29, 0.717) is 10.7 Å². The van der Waals surface area contributed by atoms with Crippen LogP contribution in [0.1, 0.15) is 17.0 Å². The second-order valence-electron chi connectivity index (χ2n) is 3.98. The number of thiazole rings is 1. The number of nitrogen functional groups attached to an aromatic ring is 1. The van der Waals surface area contributed by atoms with E-state index in [9.17, 15) is 0 Å². The fraction of sp³-hybridized carbons (Fsp3) is 0.250. The van der Waals surface area contributed by atoms with E-state index in [1.807, 2.05) is 18.2 Å². The molecule has 0 fully saturated rings. The number of hydrogen-bond donors (Lipinski definition) is 1. The molecule has 16 heavy (non-hydrogen) atoms. The second kappa shape index (κ2) is 3.75. The van der Waals surface area contributed by atoms with Crippen molar-refractivity contribution in [1.82, 2.24) is 4.98 Å². The molecule has 1 aliphatic rings. The highest BCUT2D eigenvalue weighted by atomic mass is 35.5. The molecule has 0 saturated heterocycles.